The molecular formula is C10H13Cl3O. The Morgan fingerprint density at radius 3 is 2.64 bits per heavy atom. The number of carbonyl (C=O) groups is 1. The molecule has 1 rings (SSSR count). The second-order valence-electron chi connectivity index (χ2n) is 3.58. The predicted molar refractivity (Wildman–Crippen MR) is 61.0 cm³/mol. The molecule has 0 radical (unpaired) electrons. The summed E-state index contributed by atoms with van der Waals surface area (Å²) >= 11 is 16.4. The van der Waals surface area contributed by atoms with Crippen molar-refractivity contribution in [2.24, 2.45) is 5.92 Å². The minimum atomic E-state index is -1.74. The molecule has 0 fully saturated rings. The van der Waals surface area contributed by atoms with E-state index in [2.05, 4.69) is 12.2 Å². The van der Waals surface area contributed by atoms with E-state index in [0.29, 0.717) is 12.3 Å². The van der Waals surface area contributed by atoms with Crippen molar-refractivity contribution in [3.8, 4) is 0 Å². The lowest BCUT2D eigenvalue weighted by Crippen LogP contribution is -2.19. The third kappa shape index (κ3) is 4.20. The molecule has 0 aromatic carbocycles. The summed E-state index contributed by atoms with van der Waals surface area (Å²) in [5.41, 5.74) is 0. The Morgan fingerprint density at radius 2 is 2.14 bits per heavy atom. The number of Topliss-reactive ketones (excluding diaryl/α,β-unsaturated/α-hetero) is 1. The van der Waals surface area contributed by atoms with Crippen LogP contribution in [0.2, 0.25) is 0 Å². The molecule has 14 heavy (non-hydrogen) atoms. The summed E-state index contributed by atoms with van der Waals surface area (Å²) in [4.78, 5) is 11.3. The van der Waals surface area contributed by atoms with Crippen LogP contribution in [-0.2, 0) is 4.79 Å². The van der Waals surface area contributed by atoms with Crippen LogP contribution in [-0.4, -0.2) is 9.58 Å². The summed E-state index contributed by atoms with van der Waals surface area (Å²) in [7, 11) is 0. The molecule has 1 atom stereocenters. The molecule has 0 heterocycles. The SMILES string of the molecule is O=C(CCC1C=CCCC1)C(Cl)(Cl)Cl. The second kappa shape index (κ2) is 5.39. The average molecular weight is 256 g/mol. The molecule has 0 amide bonds. The van der Waals surface area contributed by atoms with Crippen molar-refractivity contribution in [1.82, 2.24) is 0 Å². The molecule has 1 aliphatic carbocycles. The van der Waals surface area contributed by atoms with Gasteiger partial charge in [0, 0.05) is 6.42 Å². The van der Waals surface area contributed by atoms with Crippen LogP contribution < -0.4 is 0 Å². The molecule has 0 aromatic heterocycles. The van der Waals surface area contributed by atoms with Gasteiger partial charge in [-0.15, -0.1) is 0 Å². The van der Waals surface area contributed by atoms with E-state index >= 15 is 0 Å². The zero-order chi connectivity index (χ0) is 10.6. The first kappa shape index (κ1) is 12.4. The van der Waals surface area contributed by atoms with Crippen LogP contribution in [0.3, 0.4) is 0 Å². The lowest BCUT2D eigenvalue weighted by molar-refractivity contribution is -0.118. The van der Waals surface area contributed by atoms with Crippen LogP contribution in [0.25, 0.3) is 0 Å². The second-order valence-corrected chi connectivity index (χ2v) is 5.86. The summed E-state index contributed by atoms with van der Waals surface area (Å²) in [6, 6.07) is 0. The first-order chi connectivity index (χ1) is 6.50. The van der Waals surface area contributed by atoms with Gasteiger partial charge in [0.25, 0.3) is 0 Å². The quantitative estimate of drug-likeness (QED) is 0.549. The van der Waals surface area contributed by atoms with Gasteiger partial charge in [-0.2, -0.15) is 0 Å². The monoisotopic (exact) mass is 254 g/mol. The third-order valence-electron chi connectivity index (χ3n) is 2.41. The average Bonchev–Trinajstić information content (AvgIpc) is 2.14. The van der Waals surface area contributed by atoms with E-state index in [1.54, 1.807) is 0 Å². The number of alkyl halides is 3. The zero-order valence-corrected chi connectivity index (χ0v) is 10.1. The lowest BCUT2D eigenvalue weighted by atomic mass is 9.91. The van der Waals surface area contributed by atoms with Gasteiger partial charge in [0.1, 0.15) is 0 Å². The molecule has 1 unspecified atom stereocenters. The standard InChI is InChI=1S/C10H13Cl3O/c11-10(12,13)9(14)7-6-8-4-2-1-3-5-8/h2,4,8H,1,3,5-7H2. The van der Waals surface area contributed by atoms with Crippen LogP contribution in [0.5, 0.6) is 0 Å². The van der Waals surface area contributed by atoms with Gasteiger partial charge in [0.05, 0.1) is 0 Å². The van der Waals surface area contributed by atoms with Crippen LogP contribution in [0.1, 0.15) is 32.1 Å². The fourth-order valence-corrected chi connectivity index (χ4v) is 1.87. The molecule has 0 aliphatic heterocycles. The summed E-state index contributed by atoms with van der Waals surface area (Å²) < 4.78 is -1.74. The predicted octanol–water partition coefficient (Wildman–Crippen LogP) is 4.06. The van der Waals surface area contributed by atoms with Crippen molar-refractivity contribution < 1.29 is 4.79 Å². The Bertz CT molecular complexity index is 230. The molecule has 0 aromatic rings. The fraction of sp³-hybridized carbons (Fsp3) is 0.700. The molecular weight excluding hydrogens is 242 g/mol. The van der Waals surface area contributed by atoms with E-state index in [4.69, 9.17) is 34.8 Å². The Labute approximate surface area is 99.4 Å². The minimum absolute atomic E-state index is 0.304. The first-order valence-electron chi connectivity index (χ1n) is 4.77. The topological polar surface area (TPSA) is 17.1 Å². The van der Waals surface area contributed by atoms with Gasteiger partial charge in [0.15, 0.2) is 5.78 Å². The van der Waals surface area contributed by atoms with Crippen molar-refractivity contribution in [1.29, 1.82) is 0 Å². The van der Waals surface area contributed by atoms with Crippen molar-refractivity contribution in [3.05, 3.63) is 12.2 Å². The number of carbonyl (C=O) groups excluding carboxylic acids is 1. The van der Waals surface area contributed by atoms with Crippen LogP contribution in [0, 0.1) is 5.92 Å². The van der Waals surface area contributed by atoms with Gasteiger partial charge in [-0.25, -0.2) is 0 Å². The van der Waals surface area contributed by atoms with Crippen molar-refractivity contribution >= 4 is 40.6 Å². The molecule has 80 valence electrons. The summed E-state index contributed by atoms with van der Waals surface area (Å²) in [6.07, 6.45) is 8.96. The number of halogens is 3. The van der Waals surface area contributed by atoms with E-state index in [0.717, 1.165) is 19.3 Å². The number of rotatable bonds is 3. The fourth-order valence-electron chi connectivity index (χ4n) is 1.58. The maximum absolute atomic E-state index is 11.3. The number of ketones is 1. The molecule has 0 saturated carbocycles. The molecule has 1 aliphatic rings. The van der Waals surface area contributed by atoms with Crippen LogP contribution in [0.15, 0.2) is 12.2 Å². The highest BCUT2D eigenvalue weighted by molar-refractivity contribution is 6.76. The molecule has 1 nitrogen and oxygen atoms in total. The lowest BCUT2D eigenvalue weighted by Gasteiger charge is -2.16. The van der Waals surface area contributed by atoms with Gasteiger partial charge in [-0.05, 0) is 31.6 Å². The van der Waals surface area contributed by atoms with Gasteiger partial charge in [-0.1, -0.05) is 47.0 Å². The third-order valence-corrected chi connectivity index (χ3v) is 3.04. The molecule has 0 bridgehead atoms. The van der Waals surface area contributed by atoms with Gasteiger partial charge in [-0.3, -0.25) is 4.79 Å². The molecule has 0 spiro atoms. The number of hydrogen-bond donors (Lipinski definition) is 0. The minimum Gasteiger partial charge on any atom is -0.295 e. The Kier molecular flexibility index (Phi) is 4.75. The maximum Gasteiger partial charge on any atom is 0.248 e. The van der Waals surface area contributed by atoms with Crippen molar-refractivity contribution in [2.75, 3.05) is 0 Å². The van der Waals surface area contributed by atoms with Crippen LogP contribution >= 0.6 is 34.8 Å². The van der Waals surface area contributed by atoms with E-state index < -0.39 is 3.79 Å². The highest BCUT2D eigenvalue weighted by Gasteiger charge is 2.30. The van der Waals surface area contributed by atoms with Crippen LogP contribution in [0.4, 0.5) is 0 Å². The number of hydrogen-bond acceptors (Lipinski definition) is 1. The Hall–Kier alpha value is 0.280. The smallest absolute Gasteiger partial charge is 0.248 e. The van der Waals surface area contributed by atoms with Gasteiger partial charge < -0.3 is 0 Å². The highest BCUT2D eigenvalue weighted by atomic mass is 35.6. The van der Waals surface area contributed by atoms with E-state index in [1.165, 1.54) is 6.42 Å². The van der Waals surface area contributed by atoms with E-state index in [9.17, 15) is 4.79 Å². The summed E-state index contributed by atoms with van der Waals surface area (Å²) in [6.45, 7) is 0. The highest BCUT2D eigenvalue weighted by Crippen LogP contribution is 2.30. The normalized spacial score (nSPS) is 22.4. The van der Waals surface area contributed by atoms with E-state index in [1.807, 2.05) is 0 Å². The van der Waals surface area contributed by atoms with Gasteiger partial charge >= 0.3 is 0 Å². The number of allylic oxidation sites excluding steroid dienone is 2. The van der Waals surface area contributed by atoms with Gasteiger partial charge in [0.2, 0.25) is 3.79 Å². The molecule has 4 heteroatoms. The Morgan fingerprint density at radius 1 is 1.43 bits per heavy atom. The Balaban J connectivity index is 2.29. The van der Waals surface area contributed by atoms with E-state index in [-0.39, 0.29) is 5.78 Å². The summed E-state index contributed by atoms with van der Waals surface area (Å²) in [5, 5.41) is 0. The van der Waals surface area contributed by atoms with Crippen molar-refractivity contribution in [3.63, 3.8) is 0 Å². The first-order valence-corrected chi connectivity index (χ1v) is 5.90. The zero-order valence-electron chi connectivity index (χ0n) is 7.81. The maximum atomic E-state index is 11.3. The van der Waals surface area contributed by atoms with Crippen molar-refractivity contribution in [2.45, 2.75) is 35.9 Å². The molecule has 0 N–H and O–H groups in total. The molecule has 0 saturated heterocycles. The summed E-state index contributed by atoms with van der Waals surface area (Å²) in [5.74, 6) is 0.182. The largest absolute Gasteiger partial charge is 0.295 e.